The predicted octanol–water partition coefficient (Wildman–Crippen LogP) is 3.75. The van der Waals surface area contributed by atoms with Crippen molar-refractivity contribution in [2.45, 2.75) is 20.4 Å². The largest absolute Gasteiger partial charge is 0.356 e. The molecular weight excluding hydrogens is 304 g/mol. The van der Waals surface area contributed by atoms with Gasteiger partial charge in [0.05, 0.1) is 0 Å². The molecule has 0 aliphatic carbocycles. The molecule has 0 unspecified atom stereocenters. The number of hydrogen-bond donors (Lipinski definition) is 1. The van der Waals surface area contributed by atoms with Gasteiger partial charge in [-0.2, -0.15) is 0 Å². The molecular formula is C15H17BrN2O. The summed E-state index contributed by atoms with van der Waals surface area (Å²) in [6, 6.07) is 9.96. The Hall–Kier alpha value is -1.55. The summed E-state index contributed by atoms with van der Waals surface area (Å²) in [4.78, 5) is 17.2. The molecule has 0 atom stereocenters. The highest BCUT2D eigenvalue weighted by Gasteiger charge is 2.16. The standard InChI is InChI=1S/C15H17BrN2O/c1-3-18(10-12-7-5-4-6-11(12)2)15(19)14-8-13(16)9-17-14/h4-9,17H,3,10H2,1-2H3. The number of aromatic nitrogens is 1. The average molecular weight is 321 g/mol. The summed E-state index contributed by atoms with van der Waals surface area (Å²) in [6.45, 7) is 5.38. The van der Waals surface area contributed by atoms with E-state index in [1.165, 1.54) is 11.1 Å². The molecule has 0 aliphatic heterocycles. The Kier molecular flexibility index (Phi) is 4.43. The number of nitrogens with zero attached hydrogens (tertiary/aromatic N) is 1. The van der Waals surface area contributed by atoms with E-state index in [9.17, 15) is 4.79 Å². The van der Waals surface area contributed by atoms with Crippen LogP contribution in [-0.4, -0.2) is 22.3 Å². The third kappa shape index (κ3) is 3.26. The minimum Gasteiger partial charge on any atom is -0.356 e. The molecule has 3 nitrogen and oxygen atoms in total. The topological polar surface area (TPSA) is 36.1 Å². The van der Waals surface area contributed by atoms with Crippen molar-refractivity contribution in [1.82, 2.24) is 9.88 Å². The van der Waals surface area contributed by atoms with Crippen molar-refractivity contribution < 1.29 is 4.79 Å². The van der Waals surface area contributed by atoms with Crippen molar-refractivity contribution in [2.24, 2.45) is 0 Å². The van der Waals surface area contributed by atoms with E-state index in [2.05, 4.69) is 40.0 Å². The van der Waals surface area contributed by atoms with Crippen LogP contribution >= 0.6 is 15.9 Å². The van der Waals surface area contributed by atoms with Gasteiger partial charge >= 0.3 is 0 Å². The zero-order valence-corrected chi connectivity index (χ0v) is 12.7. The third-order valence-electron chi connectivity index (χ3n) is 3.17. The number of H-pyrrole nitrogens is 1. The zero-order valence-electron chi connectivity index (χ0n) is 11.1. The highest BCUT2D eigenvalue weighted by Crippen LogP contribution is 2.15. The van der Waals surface area contributed by atoms with Crippen LogP contribution in [0.4, 0.5) is 0 Å². The Morgan fingerprint density at radius 1 is 1.37 bits per heavy atom. The second kappa shape index (κ2) is 6.06. The Morgan fingerprint density at radius 2 is 2.11 bits per heavy atom. The van der Waals surface area contributed by atoms with Gasteiger partial charge in [-0.15, -0.1) is 0 Å². The summed E-state index contributed by atoms with van der Waals surface area (Å²) in [5.74, 6) is 0.0245. The van der Waals surface area contributed by atoms with Crippen LogP contribution in [-0.2, 0) is 6.54 Å². The van der Waals surface area contributed by atoms with E-state index in [0.29, 0.717) is 18.8 Å². The lowest BCUT2D eigenvalue weighted by Gasteiger charge is -2.21. The number of aryl methyl sites for hydroxylation is 1. The lowest BCUT2D eigenvalue weighted by Crippen LogP contribution is -2.30. The maximum Gasteiger partial charge on any atom is 0.270 e. The molecule has 100 valence electrons. The van der Waals surface area contributed by atoms with Crippen LogP contribution in [0.1, 0.15) is 28.5 Å². The Bertz CT molecular complexity index is 577. The number of aromatic amines is 1. The summed E-state index contributed by atoms with van der Waals surface area (Å²) in [7, 11) is 0. The van der Waals surface area contributed by atoms with Crippen molar-refractivity contribution in [3.63, 3.8) is 0 Å². The van der Waals surface area contributed by atoms with Crippen LogP contribution in [0, 0.1) is 6.92 Å². The molecule has 2 aromatic rings. The van der Waals surface area contributed by atoms with Crippen molar-refractivity contribution in [1.29, 1.82) is 0 Å². The third-order valence-corrected chi connectivity index (χ3v) is 3.63. The highest BCUT2D eigenvalue weighted by molar-refractivity contribution is 9.10. The maximum atomic E-state index is 12.4. The molecule has 0 saturated carbocycles. The molecule has 1 amide bonds. The fourth-order valence-electron chi connectivity index (χ4n) is 1.98. The first-order valence-corrected chi connectivity index (χ1v) is 7.08. The number of carbonyl (C=O) groups excluding carboxylic acids is 1. The van der Waals surface area contributed by atoms with Gasteiger partial charge in [0.1, 0.15) is 5.69 Å². The average Bonchev–Trinajstić information content (AvgIpc) is 2.84. The zero-order chi connectivity index (χ0) is 13.8. The molecule has 0 fully saturated rings. The van der Waals surface area contributed by atoms with Crippen molar-refractivity contribution >= 4 is 21.8 Å². The molecule has 0 spiro atoms. The van der Waals surface area contributed by atoms with Gasteiger partial charge in [-0.05, 0) is 47.0 Å². The first kappa shape index (κ1) is 13.9. The molecule has 2 rings (SSSR count). The Morgan fingerprint density at radius 3 is 2.68 bits per heavy atom. The number of hydrogen-bond acceptors (Lipinski definition) is 1. The molecule has 4 heteroatoms. The van der Waals surface area contributed by atoms with Crippen molar-refractivity contribution in [3.8, 4) is 0 Å². The summed E-state index contributed by atoms with van der Waals surface area (Å²) >= 11 is 3.35. The molecule has 1 N–H and O–H groups in total. The molecule has 19 heavy (non-hydrogen) atoms. The van der Waals surface area contributed by atoms with E-state index in [-0.39, 0.29) is 5.91 Å². The molecule has 0 radical (unpaired) electrons. The quantitative estimate of drug-likeness (QED) is 0.915. The smallest absolute Gasteiger partial charge is 0.270 e. The van der Waals surface area contributed by atoms with Gasteiger partial charge in [0, 0.05) is 23.8 Å². The van der Waals surface area contributed by atoms with E-state index in [0.717, 1.165) is 4.47 Å². The molecule has 1 aromatic carbocycles. The molecule has 0 aliphatic rings. The minimum atomic E-state index is 0.0245. The number of carbonyl (C=O) groups is 1. The summed E-state index contributed by atoms with van der Waals surface area (Å²) < 4.78 is 0.891. The first-order valence-electron chi connectivity index (χ1n) is 6.29. The molecule has 0 bridgehead atoms. The first-order chi connectivity index (χ1) is 9.11. The predicted molar refractivity (Wildman–Crippen MR) is 80.1 cm³/mol. The fourth-order valence-corrected chi connectivity index (χ4v) is 2.33. The molecule has 1 heterocycles. The van der Waals surface area contributed by atoms with Crippen LogP contribution in [0.15, 0.2) is 41.0 Å². The van der Waals surface area contributed by atoms with Gasteiger partial charge in [-0.1, -0.05) is 24.3 Å². The lowest BCUT2D eigenvalue weighted by molar-refractivity contribution is 0.0747. The minimum absolute atomic E-state index is 0.0245. The maximum absolute atomic E-state index is 12.4. The highest BCUT2D eigenvalue weighted by atomic mass is 79.9. The van der Waals surface area contributed by atoms with Crippen LogP contribution in [0.5, 0.6) is 0 Å². The van der Waals surface area contributed by atoms with Crippen LogP contribution in [0.25, 0.3) is 0 Å². The van der Waals surface area contributed by atoms with Crippen molar-refractivity contribution in [2.75, 3.05) is 6.54 Å². The van der Waals surface area contributed by atoms with E-state index >= 15 is 0 Å². The number of halogens is 1. The Labute approximate surface area is 121 Å². The summed E-state index contributed by atoms with van der Waals surface area (Å²) in [5.41, 5.74) is 3.01. The Balaban J connectivity index is 2.17. The second-order valence-corrected chi connectivity index (χ2v) is 5.39. The van der Waals surface area contributed by atoms with Gasteiger partial charge in [0.25, 0.3) is 5.91 Å². The second-order valence-electron chi connectivity index (χ2n) is 4.48. The van der Waals surface area contributed by atoms with Crippen LogP contribution < -0.4 is 0 Å². The van der Waals surface area contributed by atoms with E-state index in [4.69, 9.17) is 0 Å². The van der Waals surface area contributed by atoms with Gasteiger partial charge in [-0.3, -0.25) is 4.79 Å². The van der Waals surface area contributed by atoms with Gasteiger partial charge in [0.2, 0.25) is 0 Å². The normalized spacial score (nSPS) is 10.5. The van der Waals surface area contributed by atoms with Gasteiger partial charge in [0.15, 0.2) is 0 Å². The van der Waals surface area contributed by atoms with E-state index in [1.54, 1.807) is 6.20 Å². The fraction of sp³-hybridized carbons (Fsp3) is 0.267. The number of nitrogens with one attached hydrogen (secondary N) is 1. The van der Waals surface area contributed by atoms with E-state index < -0.39 is 0 Å². The molecule has 0 saturated heterocycles. The molecule has 1 aromatic heterocycles. The van der Waals surface area contributed by atoms with Crippen molar-refractivity contribution in [3.05, 3.63) is 57.8 Å². The van der Waals surface area contributed by atoms with Crippen LogP contribution in [0.3, 0.4) is 0 Å². The summed E-state index contributed by atoms with van der Waals surface area (Å²) in [6.07, 6.45) is 1.77. The monoisotopic (exact) mass is 320 g/mol. The SMILES string of the molecule is CCN(Cc1ccccc1C)C(=O)c1cc(Br)c[nH]1. The van der Waals surface area contributed by atoms with Gasteiger partial charge in [-0.25, -0.2) is 0 Å². The number of rotatable bonds is 4. The summed E-state index contributed by atoms with van der Waals surface area (Å²) in [5, 5.41) is 0. The lowest BCUT2D eigenvalue weighted by atomic mass is 10.1. The number of benzene rings is 1. The van der Waals surface area contributed by atoms with Crippen LogP contribution in [0.2, 0.25) is 0 Å². The number of amides is 1. The van der Waals surface area contributed by atoms with Gasteiger partial charge < -0.3 is 9.88 Å². The van der Waals surface area contributed by atoms with E-state index in [1.807, 2.05) is 30.0 Å².